The first kappa shape index (κ1) is 37.3. The molecule has 1 aromatic heterocycles. The maximum atomic E-state index is 2.42. The topological polar surface area (TPSA) is 8.17 Å². The fourth-order valence-electron chi connectivity index (χ4n) is 9.67. The Bertz CT molecular complexity index is 3370. The third-order valence-electron chi connectivity index (χ3n) is 12.4. The molecule has 0 aliphatic carbocycles. The average molecular weight is 795 g/mol. The van der Waals surface area contributed by atoms with Crippen LogP contribution in [0.5, 0.6) is 0 Å². The quantitative estimate of drug-likeness (QED) is 0.132. The first-order valence-electron chi connectivity index (χ1n) is 21.8. The molecule has 0 spiro atoms. The molecule has 0 saturated carbocycles. The lowest BCUT2D eigenvalue weighted by Crippen LogP contribution is -2.09. The van der Waals surface area contributed by atoms with Crippen molar-refractivity contribution in [3.63, 3.8) is 0 Å². The average Bonchev–Trinajstić information content (AvgIpc) is 3.65. The number of para-hydroxylation sites is 2. The largest absolute Gasteiger partial charge is 0.310 e. The van der Waals surface area contributed by atoms with E-state index in [0.717, 1.165) is 23.5 Å². The van der Waals surface area contributed by atoms with Crippen molar-refractivity contribution in [1.82, 2.24) is 4.57 Å². The number of fused-ring (bicyclic) bond motifs is 5. The van der Waals surface area contributed by atoms with Crippen LogP contribution in [-0.4, -0.2) is 4.57 Å². The van der Waals surface area contributed by atoms with Crippen LogP contribution in [0.4, 0.5) is 17.1 Å². The molecule has 10 aromatic carbocycles. The lowest BCUT2D eigenvalue weighted by molar-refractivity contribution is 0.648. The van der Waals surface area contributed by atoms with E-state index in [9.17, 15) is 0 Å². The van der Waals surface area contributed by atoms with E-state index in [1.54, 1.807) is 0 Å². The summed E-state index contributed by atoms with van der Waals surface area (Å²) in [5, 5.41) is 7.56. The molecule has 0 aliphatic heterocycles. The maximum Gasteiger partial charge on any atom is 0.0542 e. The van der Waals surface area contributed by atoms with Crippen LogP contribution in [-0.2, 0) is 6.42 Å². The fourth-order valence-corrected chi connectivity index (χ4v) is 9.67. The van der Waals surface area contributed by atoms with Crippen molar-refractivity contribution in [3.8, 4) is 39.1 Å². The molecule has 0 amide bonds. The third-order valence-corrected chi connectivity index (χ3v) is 12.4. The van der Waals surface area contributed by atoms with Crippen LogP contribution >= 0.6 is 0 Å². The number of benzene rings is 10. The van der Waals surface area contributed by atoms with E-state index in [1.165, 1.54) is 88.0 Å². The van der Waals surface area contributed by atoms with Gasteiger partial charge in [0.15, 0.2) is 0 Å². The minimum atomic E-state index is 0.578. The standard InChI is InChI=1S/C60H46N2/c1-41(2)37-42-27-35-57-54(38-42)55-40-50(33-36-58(55)62(57)48-23-13-6-14-24-48)61(47-21-11-5-12-22-47)49-31-28-43(29-32-49)46-30-34-53-56(39-46)60(45-19-9-4-10-20-45)52-26-16-15-25-51(52)59(53)44-17-7-3-8-18-44/h3-36,38-41H,37H2,1-2H3. The fraction of sp³-hybridized carbons (Fsp3) is 0.0667. The Kier molecular flexibility index (Phi) is 9.47. The summed E-state index contributed by atoms with van der Waals surface area (Å²) >= 11 is 0. The molecule has 0 fully saturated rings. The zero-order valence-electron chi connectivity index (χ0n) is 35.0. The van der Waals surface area contributed by atoms with Gasteiger partial charge in [0.05, 0.1) is 11.0 Å². The number of aromatic nitrogens is 1. The van der Waals surface area contributed by atoms with Gasteiger partial charge in [-0.15, -0.1) is 0 Å². The van der Waals surface area contributed by atoms with Gasteiger partial charge in [0.25, 0.3) is 0 Å². The SMILES string of the molecule is CC(C)Cc1ccc2c(c1)c1cc(N(c3ccccc3)c3ccc(-c4ccc5c(-c6ccccc6)c6ccccc6c(-c6ccccc6)c5c4)cc3)ccc1n2-c1ccccc1. The van der Waals surface area contributed by atoms with Crippen LogP contribution in [0.2, 0.25) is 0 Å². The smallest absolute Gasteiger partial charge is 0.0542 e. The Morgan fingerprint density at radius 3 is 1.47 bits per heavy atom. The molecule has 1 heterocycles. The molecule has 2 nitrogen and oxygen atoms in total. The third kappa shape index (κ3) is 6.62. The molecular formula is C60H46N2. The predicted octanol–water partition coefficient (Wildman–Crippen LogP) is 16.8. The molecule has 0 atom stereocenters. The van der Waals surface area contributed by atoms with E-state index < -0.39 is 0 Å². The van der Waals surface area contributed by atoms with Gasteiger partial charge in [0.1, 0.15) is 0 Å². The molecule has 11 rings (SSSR count). The van der Waals surface area contributed by atoms with E-state index in [-0.39, 0.29) is 0 Å². The van der Waals surface area contributed by atoms with Gasteiger partial charge in [-0.05, 0) is 146 Å². The van der Waals surface area contributed by atoms with Gasteiger partial charge < -0.3 is 9.47 Å². The van der Waals surface area contributed by atoms with E-state index in [1.807, 2.05) is 0 Å². The summed E-state index contributed by atoms with van der Waals surface area (Å²) in [5.41, 5.74) is 15.7. The first-order chi connectivity index (χ1) is 30.6. The first-order valence-corrected chi connectivity index (χ1v) is 21.8. The second kappa shape index (κ2) is 15.7. The Morgan fingerprint density at radius 1 is 0.355 bits per heavy atom. The number of anilines is 3. The minimum Gasteiger partial charge on any atom is -0.310 e. The molecule has 296 valence electrons. The highest BCUT2D eigenvalue weighted by molar-refractivity contribution is 6.22. The maximum absolute atomic E-state index is 2.42. The molecular weight excluding hydrogens is 749 g/mol. The Morgan fingerprint density at radius 2 is 0.839 bits per heavy atom. The van der Waals surface area contributed by atoms with Crippen molar-refractivity contribution in [3.05, 3.63) is 230 Å². The highest BCUT2D eigenvalue weighted by Crippen LogP contribution is 2.46. The summed E-state index contributed by atoms with van der Waals surface area (Å²) in [6.45, 7) is 4.59. The summed E-state index contributed by atoms with van der Waals surface area (Å²) < 4.78 is 2.41. The summed E-state index contributed by atoms with van der Waals surface area (Å²) in [6.07, 6.45) is 1.05. The van der Waals surface area contributed by atoms with Gasteiger partial charge in [-0.25, -0.2) is 0 Å². The zero-order valence-corrected chi connectivity index (χ0v) is 35.0. The molecule has 0 unspecified atom stereocenters. The lowest BCUT2D eigenvalue weighted by Gasteiger charge is -2.26. The van der Waals surface area contributed by atoms with Crippen molar-refractivity contribution in [2.24, 2.45) is 5.92 Å². The zero-order chi connectivity index (χ0) is 41.6. The van der Waals surface area contributed by atoms with Gasteiger partial charge in [-0.1, -0.05) is 166 Å². The van der Waals surface area contributed by atoms with Gasteiger partial charge >= 0.3 is 0 Å². The van der Waals surface area contributed by atoms with Crippen molar-refractivity contribution < 1.29 is 0 Å². The number of nitrogens with zero attached hydrogens (tertiary/aromatic N) is 2. The van der Waals surface area contributed by atoms with E-state index >= 15 is 0 Å². The lowest BCUT2D eigenvalue weighted by atomic mass is 9.85. The van der Waals surface area contributed by atoms with Crippen LogP contribution in [0.3, 0.4) is 0 Å². The number of hydrogen-bond acceptors (Lipinski definition) is 1. The molecule has 0 saturated heterocycles. The summed E-state index contributed by atoms with van der Waals surface area (Å²) in [6, 6.07) is 82.3. The minimum absolute atomic E-state index is 0.578. The number of rotatable bonds is 9. The second-order valence-electron chi connectivity index (χ2n) is 16.8. The van der Waals surface area contributed by atoms with Crippen molar-refractivity contribution in [2.45, 2.75) is 20.3 Å². The highest BCUT2D eigenvalue weighted by Gasteiger charge is 2.20. The molecule has 11 aromatic rings. The van der Waals surface area contributed by atoms with E-state index in [4.69, 9.17) is 0 Å². The molecule has 0 aliphatic rings. The summed E-state index contributed by atoms with van der Waals surface area (Å²) in [7, 11) is 0. The molecule has 0 radical (unpaired) electrons. The predicted molar refractivity (Wildman–Crippen MR) is 265 cm³/mol. The Hall–Kier alpha value is -7.68. The summed E-state index contributed by atoms with van der Waals surface area (Å²) in [5.74, 6) is 0.578. The normalized spacial score (nSPS) is 11.6. The Balaban J connectivity index is 1.06. The van der Waals surface area contributed by atoms with E-state index in [0.29, 0.717) is 5.92 Å². The molecule has 0 N–H and O–H groups in total. The van der Waals surface area contributed by atoms with Gasteiger partial charge in [0, 0.05) is 33.5 Å². The van der Waals surface area contributed by atoms with Gasteiger partial charge in [-0.2, -0.15) is 0 Å². The van der Waals surface area contributed by atoms with Gasteiger partial charge in [0.2, 0.25) is 0 Å². The van der Waals surface area contributed by atoms with Crippen molar-refractivity contribution in [1.29, 1.82) is 0 Å². The van der Waals surface area contributed by atoms with Crippen LogP contribution in [0.1, 0.15) is 19.4 Å². The van der Waals surface area contributed by atoms with Crippen LogP contribution in [0, 0.1) is 5.92 Å². The van der Waals surface area contributed by atoms with Crippen molar-refractivity contribution in [2.75, 3.05) is 4.90 Å². The molecule has 0 bridgehead atoms. The number of hydrogen-bond donors (Lipinski definition) is 0. The monoisotopic (exact) mass is 794 g/mol. The summed E-state index contributed by atoms with van der Waals surface area (Å²) in [4.78, 5) is 2.39. The van der Waals surface area contributed by atoms with Crippen molar-refractivity contribution >= 4 is 60.4 Å². The Labute approximate surface area is 363 Å². The van der Waals surface area contributed by atoms with Crippen LogP contribution < -0.4 is 4.90 Å². The second-order valence-corrected chi connectivity index (χ2v) is 16.8. The molecule has 62 heavy (non-hydrogen) atoms. The highest BCUT2D eigenvalue weighted by atomic mass is 15.1. The van der Waals surface area contributed by atoms with Crippen LogP contribution in [0.25, 0.3) is 82.4 Å². The van der Waals surface area contributed by atoms with E-state index in [2.05, 4.69) is 248 Å². The van der Waals surface area contributed by atoms with Crippen LogP contribution in [0.15, 0.2) is 224 Å². The molecule has 2 heteroatoms. The van der Waals surface area contributed by atoms with Gasteiger partial charge in [-0.3, -0.25) is 0 Å².